The third-order valence-electron chi connectivity index (χ3n) is 5.64. The van der Waals surface area contributed by atoms with Crippen LogP contribution in [0.4, 0.5) is 8.78 Å². The molecule has 3 N–H and O–H groups in total. The van der Waals surface area contributed by atoms with E-state index in [1.807, 2.05) is 37.4 Å². The molecule has 5 nitrogen and oxygen atoms in total. The molecule has 1 aromatic heterocycles. The number of aromatic amines is 1. The number of aromatic nitrogens is 1. The van der Waals surface area contributed by atoms with E-state index in [4.69, 9.17) is 4.74 Å². The van der Waals surface area contributed by atoms with Gasteiger partial charge in [-0.05, 0) is 59.9 Å². The second-order valence-electron chi connectivity index (χ2n) is 8.10. The Hall–Kier alpha value is -3.71. The van der Waals surface area contributed by atoms with Crippen LogP contribution in [-0.2, 0) is 6.42 Å². The smallest absolute Gasteiger partial charge is 0.255 e. The van der Waals surface area contributed by atoms with Crippen molar-refractivity contribution in [3.8, 4) is 16.9 Å². The molecular weight excluding hydrogens is 438 g/mol. The van der Waals surface area contributed by atoms with Gasteiger partial charge in [-0.3, -0.25) is 4.79 Å². The molecule has 0 aliphatic rings. The molecule has 0 aliphatic heterocycles. The number of nitrogens with one attached hydrogen (secondary N) is 2. The molecule has 4 rings (SSSR count). The van der Waals surface area contributed by atoms with Crippen LogP contribution in [-0.4, -0.2) is 35.3 Å². The SMILES string of the molecule is CCCOc1ccc(-c2ccc(F)c(F)c2)cc1C(=O)NC(CO)Cc1c[nH]c2ccccc12. The number of aliphatic hydroxyl groups excluding tert-OH is 1. The molecule has 1 heterocycles. The van der Waals surface area contributed by atoms with Crippen LogP contribution in [0.25, 0.3) is 22.0 Å². The third-order valence-corrected chi connectivity index (χ3v) is 5.64. The zero-order chi connectivity index (χ0) is 24.1. The number of benzene rings is 3. The van der Waals surface area contributed by atoms with Crippen molar-refractivity contribution >= 4 is 16.8 Å². The number of para-hydroxylation sites is 1. The maximum absolute atomic E-state index is 13.8. The Morgan fingerprint density at radius 2 is 1.82 bits per heavy atom. The van der Waals surface area contributed by atoms with Gasteiger partial charge in [0.05, 0.1) is 24.8 Å². The minimum absolute atomic E-state index is 0.251. The maximum Gasteiger partial charge on any atom is 0.255 e. The highest BCUT2D eigenvalue weighted by molar-refractivity contribution is 5.98. The lowest BCUT2D eigenvalue weighted by atomic mass is 10.0. The highest BCUT2D eigenvalue weighted by Crippen LogP contribution is 2.28. The predicted molar refractivity (Wildman–Crippen MR) is 128 cm³/mol. The molecule has 0 saturated heterocycles. The fourth-order valence-electron chi connectivity index (χ4n) is 3.89. The number of halogens is 2. The van der Waals surface area contributed by atoms with Crippen molar-refractivity contribution in [3.63, 3.8) is 0 Å². The van der Waals surface area contributed by atoms with E-state index in [-0.39, 0.29) is 12.2 Å². The molecule has 0 saturated carbocycles. The summed E-state index contributed by atoms with van der Waals surface area (Å²) in [6, 6.07) is 15.8. The zero-order valence-electron chi connectivity index (χ0n) is 18.8. The Bertz CT molecular complexity index is 1300. The number of H-pyrrole nitrogens is 1. The van der Waals surface area contributed by atoms with Gasteiger partial charge in [-0.25, -0.2) is 8.78 Å². The number of amides is 1. The van der Waals surface area contributed by atoms with Gasteiger partial charge < -0.3 is 20.1 Å². The molecule has 7 heteroatoms. The van der Waals surface area contributed by atoms with Crippen LogP contribution in [0, 0.1) is 11.6 Å². The van der Waals surface area contributed by atoms with Crippen molar-refractivity contribution in [1.29, 1.82) is 0 Å². The average Bonchev–Trinajstić information content (AvgIpc) is 3.26. The second-order valence-corrected chi connectivity index (χ2v) is 8.10. The summed E-state index contributed by atoms with van der Waals surface area (Å²) in [7, 11) is 0. The van der Waals surface area contributed by atoms with Crippen LogP contribution in [0.15, 0.2) is 66.9 Å². The molecule has 0 aliphatic carbocycles. The predicted octanol–water partition coefficient (Wildman–Crippen LogP) is 5.24. The first-order chi connectivity index (χ1) is 16.5. The van der Waals surface area contributed by atoms with Gasteiger partial charge in [-0.1, -0.05) is 37.3 Å². The highest BCUT2D eigenvalue weighted by atomic mass is 19.2. The van der Waals surface area contributed by atoms with Gasteiger partial charge >= 0.3 is 0 Å². The van der Waals surface area contributed by atoms with Crippen LogP contribution in [0.5, 0.6) is 5.75 Å². The molecule has 0 spiro atoms. The number of hydrogen-bond acceptors (Lipinski definition) is 3. The first kappa shape index (κ1) is 23.4. The van der Waals surface area contributed by atoms with Crippen molar-refractivity contribution in [2.75, 3.05) is 13.2 Å². The largest absolute Gasteiger partial charge is 0.493 e. The van der Waals surface area contributed by atoms with Crippen molar-refractivity contribution < 1.29 is 23.4 Å². The summed E-state index contributed by atoms with van der Waals surface area (Å²) in [5.41, 5.74) is 3.20. The standard InChI is InChI=1S/C27H26F2N2O3/c1-2-11-34-26-10-8-17(18-7-9-23(28)24(29)14-18)13-22(26)27(33)31-20(16-32)12-19-15-30-25-6-4-3-5-21(19)25/h3-10,13-15,20,30,32H,2,11-12,16H2,1H3,(H,31,33). The van der Waals surface area contributed by atoms with Crippen LogP contribution >= 0.6 is 0 Å². The molecular formula is C27H26F2N2O3. The average molecular weight is 465 g/mol. The zero-order valence-corrected chi connectivity index (χ0v) is 18.8. The van der Waals surface area contributed by atoms with Gasteiger partial charge in [-0.2, -0.15) is 0 Å². The molecule has 1 atom stereocenters. The third kappa shape index (κ3) is 5.10. The van der Waals surface area contributed by atoms with Crippen LogP contribution in [0.2, 0.25) is 0 Å². The van der Waals surface area contributed by atoms with Gasteiger partial charge in [0.25, 0.3) is 5.91 Å². The monoisotopic (exact) mass is 464 g/mol. The fraction of sp³-hybridized carbons (Fsp3) is 0.222. The lowest BCUT2D eigenvalue weighted by molar-refractivity contribution is 0.0912. The topological polar surface area (TPSA) is 74.3 Å². The number of carbonyl (C=O) groups excluding carboxylic acids is 1. The van der Waals surface area contributed by atoms with Gasteiger partial charge in [0.2, 0.25) is 0 Å². The van der Waals surface area contributed by atoms with Gasteiger partial charge in [0.1, 0.15) is 5.75 Å². The van der Waals surface area contributed by atoms with Crippen LogP contribution < -0.4 is 10.1 Å². The number of aliphatic hydroxyl groups is 1. The Labute approximate surface area is 196 Å². The Morgan fingerprint density at radius 1 is 1.06 bits per heavy atom. The number of rotatable bonds is 9. The van der Waals surface area contributed by atoms with E-state index in [0.717, 1.165) is 35.0 Å². The molecule has 1 amide bonds. The Balaban J connectivity index is 1.60. The molecule has 176 valence electrons. The van der Waals surface area contributed by atoms with E-state index in [1.165, 1.54) is 6.07 Å². The Kier molecular flexibility index (Phi) is 7.23. The van der Waals surface area contributed by atoms with E-state index in [0.29, 0.717) is 29.9 Å². The second kappa shape index (κ2) is 10.5. The first-order valence-electron chi connectivity index (χ1n) is 11.2. The van der Waals surface area contributed by atoms with Gasteiger partial charge in [-0.15, -0.1) is 0 Å². The normalized spacial score (nSPS) is 12.0. The van der Waals surface area contributed by atoms with E-state index >= 15 is 0 Å². The van der Waals surface area contributed by atoms with Crippen molar-refractivity contribution in [2.45, 2.75) is 25.8 Å². The lowest BCUT2D eigenvalue weighted by Crippen LogP contribution is -2.39. The number of fused-ring (bicyclic) bond motifs is 1. The molecule has 0 fully saturated rings. The number of carbonyl (C=O) groups is 1. The maximum atomic E-state index is 13.8. The number of hydrogen-bond donors (Lipinski definition) is 3. The summed E-state index contributed by atoms with van der Waals surface area (Å²) in [5.74, 6) is -1.94. The van der Waals surface area contributed by atoms with Gasteiger partial charge in [0, 0.05) is 17.1 Å². The molecule has 34 heavy (non-hydrogen) atoms. The summed E-state index contributed by atoms with van der Waals surface area (Å²) in [6.07, 6.45) is 3.06. The van der Waals surface area contributed by atoms with Crippen molar-refractivity contribution in [2.24, 2.45) is 0 Å². The summed E-state index contributed by atoms with van der Waals surface area (Å²) in [5, 5.41) is 13.9. The molecule has 0 radical (unpaired) electrons. The van der Waals surface area contributed by atoms with Gasteiger partial charge in [0.15, 0.2) is 11.6 Å². The highest BCUT2D eigenvalue weighted by Gasteiger charge is 2.20. The molecule has 3 aromatic carbocycles. The van der Waals surface area contributed by atoms with E-state index < -0.39 is 23.6 Å². The van der Waals surface area contributed by atoms with Crippen LogP contribution in [0.3, 0.4) is 0 Å². The van der Waals surface area contributed by atoms with Crippen molar-refractivity contribution in [1.82, 2.24) is 10.3 Å². The summed E-state index contributed by atoms with van der Waals surface area (Å²) < 4.78 is 32.9. The fourth-order valence-corrected chi connectivity index (χ4v) is 3.89. The van der Waals surface area contributed by atoms with E-state index in [2.05, 4.69) is 10.3 Å². The van der Waals surface area contributed by atoms with Crippen molar-refractivity contribution in [3.05, 3.63) is 89.6 Å². The summed E-state index contributed by atoms with van der Waals surface area (Å²) in [6.45, 7) is 2.13. The molecule has 1 unspecified atom stereocenters. The van der Waals surface area contributed by atoms with Crippen LogP contribution in [0.1, 0.15) is 29.3 Å². The minimum atomic E-state index is -0.964. The van der Waals surface area contributed by atoms with E-state index in [9.17, 15) is 18.7 Å². The summed E-state index contributed by atoms with van der Waals surface area (Å²) >= 11 is 0. The number of ether oxygens (including phenoxy) is 1. The molecule has 0 bridgehead atoms. The van der Waals surface area contributed by atoms with E-state index in [1.54, 1.807) is 18.2 Å². The Morgan fingerprint density at radius 3 is 2.59 bits per heavy atom. The first-order valence-corrected chi connectivity index (χ1v) is 11.2. The summed E-state index contributed by atoms with van der Waals surface area (Å²) in [4.78, 5) is 16.4. The quantitative estimate of drug-likeness (QED) is 0.317. The molecule has 4 aromatic rings. The minimum Gasteiger partial charge on any atom is -0.493 e. The lowest BCUT2D eigenvalue weighted by Gasteiger charge is -2.18.